The van der Waals surface area contributed by atoms with Crippen LogP contribution in [0.25, 0.3) is 5.69 Å². The number of rotatable bonds is 2. The van der Waals surface area contributed by atoms with Crippen molar-refractivity contribution < 1.29 is 5.11 Å². The highest BCUT2D eigenvalue weighted by Gasteiger charge is 2.09. The summed E-state index contributed by atoms with van der Waals surface area (Å²) in [6, 6.07) is 6.28. The number of aliphatic hydroxyl groups excluding tert-OH is 1. The normalized spacial score (nSPS) is 10.8. The molecule has 0 saturated heterocycles. The largest absolute Gasteiger partial charge is 0.392 e. The van der Waals surface area contributed by atoms with E-state index in [0.717, 1.165) is 16.9 Å². The van der Waals surface area contributed by atoms with Gasteiger partial charge in [0.15, 0.2) is 0 Å². The van der Waals surface area contributed by atoms with Gasteiger partial charge in [0.1, 0.15) is 0 Å². The smallest absolute Gasteiger partial charge is 0.0715 e. The molecule has 16 heavy (non-hydrogen) atoms. The van der Waals surface area contributed by atoms with E-state index < -0.39 is 0 Å². The molecule has 0 unspecified atom stereocenters. The van der Waals surface area contributed by atoms with Gasteiger partial charge in [0.05, 0.1) is 18.5 Å². The van der Waals surface area contributed by atoms with Crippen LogP contribution < -0.4 is 0 Å². The number of nitrogens with zero attached hydrogens (tertiary/aromatic N) is 2. The van der Waals surface area contributed by atoms with Gasteiger partial charge in [0.25, 0.3) is 0 Å². The second-order valence-corrected chi connectivity index (χ2v) is 4.12. The van der Waals surface area contributed by atoms with E-state index in [-0.39, 0.29) is 6.61 Å². The van der Waals surface area contributed by atoms with Crippen molar-refractivity contribution in [2.45, 2.75) is 27.4 Å². The second-order valence-electron chi connectivity index (χ2n) is 4.12. The Hall–Kier alpha value is -1.61. The molecule has 0 bridgehead atoms. The molecule has 84 valence electrons. The zero-order valence-corrected chi connectivity index (χ0v) is 9.86. The van der Waals surface area contributed by atoms with Crippen LogP contribution in [0.1, 0.15) is 22.4 Å². The molecule has 0 amide bonds. The fourth-order valence-corrected chi connectivity index (χ4v) is 1.79. The lowest BCUT2D eigenvalue weighted by Gasteiger charge is -2.09. The Kier molecular flexibility index (Phi) is 2.79. The van der Waals surface area contributed by atoms with E-state index in [0.29, 0.717) is 0 Å². The average molecular weight is 216 g/mol. The second kappa shape index (κ2) is 4.10. The zero-order valence-electron chi connectivity index (χ0n) is 9.86. The van der Waals surface area contributed by atoms with E-state index in [9.17, 15) is 0 Å². The van der Waals surface area contributed by atoms with E-state index in [1.807, 2.05) is 11.6 Å². The maximum Gasteiger partial charge on any atom is 0.0715 e. The van der Waals surface area contributed by atoms with Crippen LogP contribution in [-0.4, -0.2) is 14.9 Å². The Labute approximate surface area is 95.3 Å². The van der Waals surface area contributed by atoms with E-state index in [1.165, 1.54) is 11.1 Å². The lowest BCUT2D eigenvalue weighted by Crippen LogP contribution is -2.02. The monoisotopic (exact) mass is 216 g/mol. The third kappa shape index (κ3) is 1.74. The lowest BCUT2D eigenvalue weighted by molar-refractivity contribution is 0.281. The zero-order chi connectivity index (χ0) is 11.7. The summed E-state index contributed by atoms with van der Waals surface area (Å²) >= 11 is 0. The number of benzene rings is 1. The number of aromatic nitrogens is 2. The Morgan fingerprint density at radius 2 is 2.00 bits per heavy atom. The Morgan fingerprint density at radius 3 is 2.62 bits per heavy atom. The molecule has 0 fully saturated rings. The van der Waals surface area contributed by atoms with Crippen LogP contribution in [0.4, 0.5) is 0 Å². The van der Waals surface area contributed by atoms with Gasteiger partial charge in [-0.15, -0.1) is 0 Å². The van der Waals surface area contributed by atoms with Gasteiger partial charge in [0, 0.05) is 11.3 Å². The molecular weight excluding hydrogens is 200 g/mol. The highest BCUT2D eigenvalue weighted by Crippen LogP contribution is 2.18. The molecule has 1 heterocycles. The topological polar surface area (TPSA) is 38.0 Å². The molecule has 1 aromatic carbocycles. The maximum atomic E-state index is 9.15. The summed E-state index contributed by atoms with van der Waals surface area (Å²) in [7, 11) is 0. The Bertz CT molecular complexity index is 515. The number of aryl methyl sites for hydroxylation is 2. The van der Waals surface area contributed by atoms with Crippen molar-refractivity contribution in [2.24, 2.45) is 0 Å². The van der Waals surface area contributed by atoms with Gasteiger partial charge in [-0.25, -0.2) is 4.68 Å². The molecule has 0 aliphatic rings. The molecule has 1 aromatic heterocycles. The average Bonchev–Trinajstić information content (AvgIpc) is 2.63. The number of hydrogen-bond donors (Lipinski definition) is 1. The van der Waals surface area contributed by atoms with Gasteiger partial charge in [-0.3, -0.25) is 0 Å². The summed E-state index contributed by atoms with van der Waals surface area (Å²) in [4.78, 5) is 0. The van der Waals surface area contributed by atoms with E-state index >= 15 is 0 Å². The van der Waals surface area contributed by atoms with E-state index in [2.05, 4.69) is 37.1 Å². The van der Waals surface area contributed by atoms with Crippen molar-refractivity contribution in [1.82, 2.24) is 9.78 Å². The Balaban J connectivity index is 2.58. The van der Waals surface area contributed by atoms with Crippen molar-refractivity contribution in [3.63, 3.8) is 0 Å². The first kappa shape index (κ1) is 10.9. The first-order valence-corrected chi connectivity index (χ1v) is 5.35. The molecule has 3 heteroatoms. The highest BCUT2D eigenvalue weighted by molar-refractivity contribution is 5.44. The van der Waals surface area contributed by atoms with Crippen molar-refractivity contribution in [2.75, 3.05) is 0 Å². The van der Waals surface area contributed by atoms with Crippen LogP contribution in [0, 0.1) is 20.8 Å². The summed E-state index contributed by atoms with van der Waals surface area (Å²) in [6.07, 6.45) is 1.72. The SMILES string of the molecule is Cc1ccc(C)c(-n2ncc(CO)c2C)c1. The molecule has 2 aromatic rings. The Morgan fingerprint density at radius 1 is 1.25 bits per heavy atom. The lowest BCUT2D eigenvalue weighted by atomic mass is 10.1. The molecule has 0 aliphatic carbocycles. The minimum Gasteiger partial charge on any atom is -0.392 e. The minimum atomic E-state index is 0.0384. The van der Waals surface area contributed by atoms with Gasteiger partial charge in [-0.05, 0) is 38.0 Å². The quantitative estimate of drug-likeness (QED) is 0.836. The molecule has 2 rings (SSSR count). The molecule has 0 atom stereocenters. The van der Waals surface area contributed by atoms with Gasteiger partial charge >= 0.3 is 0 Å². The summed E-state index contributed by atoms with van der Waals surface area (Å²) in [5.74, 6) is 0. The maximum absolute atomic E-state index is 9.15. The van der Waals surface area contributed by atoms with Crippen molar-refractivity contribution in [3.05, 3.63) is 46.8 Å². The van der Waals surface area contributed by atoms with Gasteiger partial charge in [0.2, 0.25) is 0 Å². The standard InChI is InChI=1S/C13H16N2O/c1-9-4-5-10(2)13(6-9)15-11(3)12(8-16)7-14-15/h4-7,16H,8H2,1-3H3. The van der Waals surface area contributed by atoms with Crippen LogP contribution in [0.3, 0.4) is 0 Å². The minimum absolute atomic E-state index is 0.0384. The molecular formula is C13H16N2O. The van der Waals surface area contributed by atoms with Crippen LogP contribution in [0.15, 0.2) is 24.4 Å². The van der Waals surface area contributed by atoms with E-state index in [1.54, 1.807) is 6.20 Å². The summed E-state index contributed by atoms with van der Waals surface area (Å²) in [6.45, 7) is 6.14. The summed E-state index contributed by atoms with van der Waals surface area (Å²) in [5.41, 5.74) is 5.34. The van der Waals surface area contributed by atoms with Crippen molar-refractivity contribution in [1.29, 1.82) is 0 Å². The third-order valence-electron chi connectivity index (χ3n) is 2.87. The highest BCUT2D eigenvalue weighted by atomic mass is 16.3. The first-order chi connectivity index (χ1) is 7.63. The van der Waals surface area contributed by atoms with Crippen molar-refractivity contribution >= 4 is 0 Å². The van der Waals surface area contributed by atoms with Gasteiger partial charge in [-0.1, -0.05) is 12.1 Å². The third-order valence-corrected chi connectivity index (χ3v) is 2.87. The summed E-state index contributed by atoms with van der Waals surface area (Å²) in [5, 5.41) is 13.5. The molecule has 0 radical (unpaired) electrons. The molecule has 0 saturated carbocycles. The van der Waals surface area contributed by atoms with Crippen molar-refractivity contribution in [3.8, 4) is 5.69 Å². The fraction of sp³-hybridized carbons (Fsp3) is 0.308. The molecule has 0 aliphatic heterocycles. The van der Waals surface area contributed by atoms with Gasteiger partial charge < -0.3 is 5.11 Å². The predicted molar refractivity (Wildman–Crippen MR) is 63.7 cm³/mol. The van der Waals surface area contributed by atoms with Crippen LogP contribution in [0.2, 0.25) is 0 Å². The number of aliphatic hydroxyl groups is 1. The fourth-order valence-electron chi connectivity index (χ4n) is 1.79. The van der Waals surface area contributed by atoms with Crippen LogP contribution in [0.5, 0.6) is 0 Å². The van der Waals surface area contributed by atoms with Crippen LogP contribution in [-0.2, 0) is 6.61 Å². The number of hydrogen-bond acceptors (Lipinski definition) is 2. The predicted octanol–water partition coefficient (Wildman–Crippen LogP) is 2.29. The van der Waals surface area contributed by atoms with Gasteiger partial charge in [-0.2, -0.15) is 5.10 Å². The summed E-state index contributed by atoms with van der Waals surface area (Å²) < 4.78 is 1.88. The first-order valence-electron chi connectivity index (χ1n) is 5.35. The van der Waals surface area contributed by atoms with Crippen LogP contribution >= 0.6 is 0 Å². The molecule has 3 nitrogen and oxygen atoms in total. The molecule has 1 N–H and O–H groups in total. The molecule has 0 spiro atoms. The van der Waals surface area contributed by atoms with E-state index in [4.69, 9.17) is 5.11 Å².